The average molecular weight is 298 g/mol. The second-order valence-corrected chi connectivity index (χ2v) is 6.05. The second kappa shape index (κ2) is 6.60. The van der Waals surface area contributed by atoms with E-state index in [-0.39, 0.29) is 5.97 Å². The molecule has 116 valence electrons. The molecule has 2 aromatic rings. The van der Waals surface area contributed by atoms with Crippen molar-refractivity contribution in [2.75, 3.05) is 0 Å². The number of rotatable bonds is 4. The van der Waals surface area contributed by atoms with Gasteiger partial charge in [-0.05, 0) is 45.4 Å². The number of ether oxygens (including phenoxy) is 1. The van der Waals surface area contributed by atoms with E-state index in [1.165, 1.54) is 6.08 Å². The molecule has 22 heavy (non-hydrogen) atoms. The summed E-state index contributed by atoms with van der Waals surface area (Å²) < 4.78 is 7.12. The molecule has 0 bridgehead atoms. The van der Waals surface area contributed by atoms with Crippen LogP contribution in [0.15, 0.2) is 42.6 Å². The minimum atomic E-state index is -0.469. The van der Waals surface area contributed by atoms with Gasteiger partial charge in [0.1, 0.15) is 5.60 Å². The van der Waals surface area contributed by atoms with Gasteiger partial charge in [0, 0.05) is 24.4 Å². The fourth-order valence-corrected chi connectivity index (χ4v) is 1.96. The van der Waals surface area contributed by atoms with Gasteiger partial charge in [-0.1, -0.05) is 24.3 Å². The van der Waals surface area contributed by atoms with Crippen LogP contribution < -0.4 is 0 Å². The first-order valence-electron chi connectivity index (χ1n) is 7.42. The van der Waals surface area contributed by atoms with Crippen LogP contribution in [0.4, 0.5) is 0 Å². The highest BCUT2D eigenvalue weighted by Crippen LogP contribution is 2.18. The largest absolute Gasteiger partial charge is 0.457 e. The Morgan fingerprint density at radius 2 is 1.91 bits per heavy atom. The third-order valence-corrected chi connectivity index (χ3v) is 2.99. The summed E-state index contributed by atoms with van der Waals surface area (Å²) >= 11 is 0. The van der Waals surface area contributed by atoms with E-state index in [0.29, 0.717) is 0 Å². The van der Waals surface area contributed by atoms with Crippen LogP contribution in [0.1, 0.15) is 33.3 Å². The zero-order valence-electron chi connectivity index (χ0n) is 13.5. The van der Waals surface area contributed by atoms with Crippen molar-refractivity contribution in [1.29, 1.82) is 0 Å². The van der Waals surface area contributed by atoms with Crippen molar-refractivity contribution in [3.8, 4) is 11.3 Å². The van der Waals surface area contributed by atoms with Gasteiger partial charge in [-0.15, -0.1) is 0 Å². The van der Waals surface area contributed by atoms with Gasteiger partial charge in [0.25, 0.3) is 0 Å². The number of aromatic nitrogens is 2. The highest BCUT2D eigenvalue weighted by Gasteiger charge is 2.13. The number of aryl methyl sites for hydroxylation is 1. The molecule has 0 spiro atoms. The van der Waals surface area contributed by atoms with E-state index in [0.717, 1.165) is 23.4 Å². The number of nitrogens with zero attached hydrogens (tertiary/aromatic N) is 2. The molecule has 1 heterocycles. The lowest BCUT2D eigenvalue weighted by Gasteiger charge is -2.17. The van der Waals surface area contributed by atoms with E-state index in [2.05, 4.69) is 12.0 Å². The lowest BCUT2D eigenvalue weighted by molar-refractivity contribution is -0.148. The number of hydrogen-bond acceptors (Lipinski definition) is 3. The van der Waals surface area contributed by atoms with Crippen molar-refractivity contribution in [3.63, 3.8) is 0 Å². The minimum absolute atomic E-state index is 0.335. The van der Waals surface area contributed by atoms with Gasteiger partial charge in [-0.2, -0.15) is 5.10 Å². The maximum atomic E-state index is 11.6. The summed E-state index contributed by atoms with van der Waals surface area (Å²) in [6, 6.07) is 9.91. The summed E-state index contributed by atoms with van der Waals surface area (Å²) in [5.74, 6) is -0.335. The van der Waals surface area contributed by atoms with Gasteiger partial charge in [-0.25, -0.2) is 4.79 Å². The van der Waals surface area contributed by atoms with Crippen LogP contribution in [0, 0.1) is 0 Å². The fourth-order valence-electron chi connectivity index (χ4n) is 1.96. The topological polar surface area (TPSA) is 44.1 Å². The predicted octanol–water partition coefficient (Wildman–Crippen LogP) is 3.92. The molecule has 0 fully saturated rings. The Balaban J connectivity index is 2.04. The van der Waals surface area contributed by atoms with Gasteiger partial charge in [0.2, 0.25) is 0 Å². The Morgan fingerprint density at radius 3 is 2.45 bits per heavy atom. The van der Waals surface area contributed by atoms with E-state index in [1.54, 1.807) is 6.08 Å². The fraction of sp³-hybridized carbons (Fsp3) is 0.333. The number of esters is 1. The number of hydrogen-bond donors (Lipinski definition) is 0. The third-order valence-electron chi connectivity index (χ3n) is 2.99. The van der Waals surface area contributed by atoms with Crippen molar-refractivity contribution in [1.82, 2.24) is 9.78 Å². The predicted molar refractivity (Wildman–Crippen MR) is 88.2 cm³/mol. The summed E-state index contributed by atoms with van der Waals surface area (Å²) in [7, 11) is 0. The Hall–Kier alpha value is -2.36. The van der Waals surface area contributed by atoms with E-state index < -0.39 is 5.60 Å². The summed E-state index contributed by atoms with van der Waals surface area (Å²) in [5.41, 5.74) is 2.49. The first-order valence-corrected chi connectivity index (χ1v) is 7.42. The molecule has 0 aliphatic rings. The highest BCUT2D eigenvalue weighted by molar-refractivity contribution is 5.87. The van der Waals surface area contributed by atoms with E-state index >= 15 is 0 Å². The van der Waals surface area contributed by atoms with Gasteiger partial charge < -0.3 is 4.74 Å². The summed E-state index contributed by atoms with van der Waals surface area (Å²) in [5, 5.41) is 4.47. The van der Waals surface area contributed by atoms with Crippen molar-refractivity contribution < 1.29 is 9.53 Å². The van der Waals surface area contributed by atoms with E-state index in [1.807, 2.05) is 62.0 Å². The molecule has 4 heteroatoms. The lowest BCUT2D eigenvalue weighted by atomic mass is 10.1. The number of carbonyl (C=O) groups is 1. The molecule has 0 amide bonds. The molecule has 0 N–H and O–H groups in total. The molecule has 1 aromatic carbocycles. The van der Waals surface area contributed by atoms with Crippen LogP contribution in [-0.4, -0.2) is 21.4 Å². The van der Waals surface area contributed by atoms with Gasteiger partial charge in [-0.3, -0.25) is 4.68 Å². The molecule has 0 atom stereocenters. The quantitative estimate of drug-likeness (QED) is 0.634. The number of benzene rings is 1. The first-order chi connectivity index (χ1) is 10.4. The Bertz CT molecular complexity index is 661. The van der Waals surface area contributed by atoms with Crippen LogP contribution in [0.3, 0.4) is 0 Å². The van der Waals surface area contributed by atoms with Crippen molar-refractivity contribution in [2.24, 2.45) is 0 Å². The minimum Gasteiger partial charge on any atom is -0.457 e. The Labute approximate surface area is 131 Å². The summed E-state index contributed by atoms with van der Waals surface area (Å²) in [6.07, 6.45) is 5.17. The lowest BCUT2D eigenvalue weighted by Crippen LogP contribution is -2.22. The zero-order valence-corrected chi connectivity index (χ0v) is 13.5. The van der Waals surface area contributed by atoms with Gasteiger partial charge in [0.15, 0.2) is 0 Å². The Morgan fingerprint density at radius 1 is 1.23 bits per heavy atom. The van der Waals surface area contributed by atoms with Gasteiger partial charge in [0.05, 0.1) is 5.69 Å². The molecule has 0 saturated heterocycles. The molecule has 0 saturated carbocycles. The SMILES string of the molecule is CCn1ccc(-c2ccc(/C=C/C(=O)OC(C)(C)C)cc2)n1. The van der Waals surface area contributed by atoms with Crippen molar-refractivity contribution >= 4 is 12.0 Å². The average Bonchev–Trinajstić information content (AvgIpc) is 2.93. The maximum Gasteiger partial charge on any atom is 0.331 e. The van der Waals surface area contributed by atoms with E-state index in [4.69, 9.17) is 4.74 Å². The van der Waals surface area contributed by atoms with E-state index in [9.17, 15) is 4.79 Å². The molecule has 0 aliphatic heterocycles. The van der Waals surface area contributed by atoms with Crippen LogP contribution in [-0.2, 0) is 16.1 Å². The second-order valence-electron chi connectivity index (χ2n) is 6.05. The molecule has 1 aromatic heterocycles. The molecular weight excluding hydrogens is 276 g/mol. The monoisotopic (exact) mass is 298 g/mol. The molecule has 2 rings (SSSR count). The summed E-state index contributed by atoms with van der Waals surface area (Å²) in [4.78, 5) is 11.6. The zero-order chi connectivity index (χ0) is 16.2. The number of carbonyl (C=O) groups excluding carboxylic acids is 1. The maximum absolute atomic E-state index is 11.6. The first kappa shape index (κ1) is 16.0. The van der Waals surface area contributed by atoms with Crippen molar-refractivity contribution in [2.45, 2.75) is 39.8 Å². The third kappa shape index (κ3) is 4.58. The Kier molecular flexibility index (Phi) is 4.81. The standard InChI is InChI=1S/C18H22N2O2/c1-5-20-13-12-16(19-20)15-9-6-14(7-10-15)8-11-17(21)22-18(2,3)4/h6-13H,5H2,1-4H3/b11-8+. The van der Waals surface area contributed by atoms with Crippen LogP contribution in [0.25, 0.3) is 17.3 Å². The van der Waals surface area contributed by atoms with Gasteiger partial charge >= 0.3 is 5.97 Å². The molecule has 4 nitrogen and oxygen atoms in total. The van der Waals surface area contributed by atoms with Crippen LogP contribution in [0.5, 0.6) is 0 Å². The summed E-state index contributed by atoms with van der Waals surface area (Å²) in [6.45, 7) is 8.47. The van der Waals surface area contributed by atoms with Crippen LogP contribution in [0.2, 0.25) is 0 Å². The molecule has 0 unspecified atom stereocenters. The smallest absolute Gasteiger partial charge is 0.331 e. The molecule has 0 aliphatic carbocycles. The molecule has 0 radical (unpaired) electrons. The van der Waals surface area contributed by atoms with Crippen molar-refractivity contribution in [3.05, 3.63) is 48.2 Å². The normalized spacial score (nSPS) is 11.8. The van der Waals surface area contributed by atoms with Crippen LogP contribution >= 0.6 is 0 Å². The molecular formula is C18H22N2O2. The highest BCUT2D eigenvalue weighted by atomic mass is 16.6.